The molecule has 2 aromatic carbocycles. The third-order valence-corrected chi connectivity index (χ3v) is 4.94. The summed E-state index contributed by atoms with van der Waals surface area (Å²) in [6.45, 7) is 2.46. The normalized spacial score (nSPS) is 13.7. The fourth-order valence-corrected chi connectivity index (χ4v) is 3.38. The Bertz CT molecular complexity index is 889. The molecular formula is C22H25N5O2. The van der Waals surface area contributed by atoms with Gasteiger partial charge in [-0.1, -0.05) is 48.5 Å². The van der Waals surface area contributed by atoms with Crippen molar-refractivity contribution in [1.82, 2.24) is 10.2 Å². The molecule has 0 unspecified atom stereocenters. The summed E-state index contributed by atoms with van der Waals surface area (Å²) in [5, 5.41) is 16.9. The number of piperazine rings is 1. The van der Waals surface area contributed by atoms with Crippen LogP contribution in [0.15, 0.2) is 54.6 Å². The SMILES string of the molecule is N=CCC(=N)C(=O)NCC(=O)N1CCN(c2ccccc2-c2ccccc2)CC1. The second-order valence-electron chi connectivity index (χ2n) is 6.82. The largest absolute Gasteiger partial charge is 0.367 e. The molecule has 1 aliphatic heterocycles. The van der Waals surface area contributed by atoms with Crippen LogP contribution < -0.4 is 10.2 Å². The van der Waals surface area contributed by atoms with Crippen LogP contribution in [-0.2, 0) is 9.59 Å². The standard InChI is InChI=1S/C22H25N5O2/c23-11-10-19(24)22(29)25-16-21(28)27-14-12-26(13-15-27)20-9-5-4-8-18(20)17-6-2-1-3-7-17/h1-9,11,23-24H,10,12-16H2,(H,25,29). The molecule has 29 heavy (non-hydrogen) atoms. The molecule has 2 amide bonds. The number of amides is 2. The van der Waals surface area contributed by atoms with Gasteiger partial charge in [-0.15, -0.1) is 0 Å². The summed E-state index contributed by atoms with van der Waals surface area (Å²) in [6.07, 6.45) is 0.968. The van der Waals surface area contributed by atoms with Crippen LogP contribution in [0.4, 0.5) is 5.69 Å². The van der Waals surface area contributed by atoms with E-state index >= 15 is 0 Å². The van der Waals surface area contributed by atoms with Crippen molar-refractivity contribution in [3.8, 4) is 11.1 Å². The summed E-state index contributed by atoms with van der Waals surface area (Å²) in [4.78, 5) is 28.1. The van der Waals surface area contributed by atoms with E-state index in [0.29, 0.717) is 26.2 Å². The van der Waals surface area contributed by atoms with Gasteiger partial charge in [0.05, 0.1) is 6.54 Å². The first-order chi connectivity index (χ1) is 14.1. The van der Waals surface area contributed by atoms with Crippen molar-refractivity contribution in [3.63, 3.8) is 0 Å². The lowest BCUT2D eigenvalue weighted by molar-refractivity contribution is -0.132. The number of rotatable bonds is 7. The van der Waals surface area contributed by atoms with Crippen LogP contribution in [0.3, 0.4) is 0 Å². The second kappa shape index (κ2) is 9.64. The van der Waals surface area contributed by atoms with E-state index in [9.17, 15) is 9.59 Å². The first kappa shape index (κ1) is 20.3. The Morgan fingerprint density at radius 1 is 0.966 bits per heavy atom. The Hall–Kier alpha value is -3.48. The maximum Gasteiger partial charge on any atom is 0.265 e. The molecule has 7 nitrogen and oxygen atoms in total. The lowest BCUT2D eigenvalue weighted by Gasteiger charge is -2.37. The predicted octanol–water partition coefficient (Wildman–Crippen LogP) is 2.18. The highest BCUT2D eigenvalue weighted by molar-refractivity contribution is 6.39. The number of para-hydroxylation sites is 1. The van der Waals surface area contributed by atoms with Crippen molar-refractivity contribution in [2.45, 2.75) is 6.42 Å². The van der Waals surface area contributed by atoms with E-state index < -0.39 is 5.91 Å². The number of nitrogens with one attached hydrogen (secondary N) is 3. The minimum Gasteiger partial charge on any atom is -0.367 e. The second-order valence-corrected chi connectivity index (χ2v) is 6.82. The molecule has 1 heterocycles. The molecule has 1 fully saturated rings. The fourth-order valence-electron chi connectivity index (χ4n) is 3.38. The van der Waals surface area contributed by atoms with Crippen LogP contribution >= 0.6 is 0 Å². The summed E-state index contributed by atoms with van der Waals surface area (Å²) < 4.78 is 0. The van der Waals surface area contributed by atoms with Gasteiger partial charge in [-0.25, -0.2) is 0 Å². The van der Waals surface area contributed by atoms with Gasteiger partial charge in [0.15, 0.2) is 0 Å². The Morgan fingerprint density at radius 2 is 1.62 bits per heavy atom. The minimum absolute atomic E-state index is 0.0283. The van der Waals surface area contributed by atoms with E-state index in [0.717, 1.165) is 17.5 Å². The molecule has 1 saturated heterocycles. The summed E-state index contributed by atoms with van der Waals surface area (Å²) in [5.41, 5.74) is 3.27. The zero-order valence-electron chi connectivity index (χ0n) is 16.2. The predicted molar refractivity (Wildman–Crippen MR) is 115 cm³/mol. The summed E-state index contributed by atoms with van der Waals surface area (Å²) in [7, 11) is 0. The number of nitrogens with zero attached hydrogens (tertiary/aromatic N) is 2. The molecule has 1 aliphatic rings. The van der Waals surface area contributed by atoms with E-state index in [1.54, 1.807) is 4.90 Å². The Balaban J connectivity index is 1.57. The summed E-state index contributed by atoms with van der Waals surface area (Å²) in [5.74, 6) is -0.755. The Labute approximate surface area is 170 Å². The van der Waals surface area contributed by atoms with Crippen LogP contribution in [0, 0.1) is 10.8 Å². The molecule has 2 aromatic rings. The van der Waals surface area contributed by atoms with Crippen LogP contribution in [0.2, 0.25) is 0 Å². The molecule has 0 radical (unpaired) electrons. The third kappa shape index (κ3) is 5.07. The van der Waals surface area contributed by atoms with E-state index in [-0.39, 0.29) is 24.6 Å². The summed E-state index contributed by atoms with van der Waals surface area (Å²) >= 11 is 0. The van der Waals surface area contributed by atoms with Crippen LogP contribution in [-0.4, -0.2) is 61.4 Å². The molecule has 0 atom stereocenters. The molecule has 0 spiro atoms. The maximum atomic E-state index is 12.4. The smallest absolute Gasteiger partial charge is 0.265 e. The number of carbonyl (C=O) groups is 2. The average molecular weight is 391 g/mol. The van der Waals surface area contributed by atoms with Gasteiger partial charge in [-0.05, 0) is 11.6 Å². The van der Waals surface area contributed by atoms with Crippen molar-refractivity contribution in [2.75, 3.05) is 37.6 Å². The Kier molecular flexibility index (Phi) is 6.73. The molecule has 0 aromatic heterocycles. The van der Waals surface area contributed by atoms with Crippen molar-refractivity contribution in [1.29, 1.82) is 10.8 Å². The zero-order chi connectivity index (χ0) is 20.6. The molecule has 3 N–H and O–H groups in total. The highest BCUT2D eigenvalue weighted by Gasteiger charge is 2.23. The van der Waals surface area contributed by atoms with E-state index in [4.69, 9.17) is 10.8 Å². The molecule has 3 rings (SSSR count). The number of carbonyl (C=O) groups excluding carboxylic acids is 2. The quantitative estimate of drug-likeness (QED) is 0.631. The van der Waals surface area contributed by atoms with Crippen molar-refractivity contribution in [3.05, 3.63) is 54.6 Å². The highest BCUT2D eigenvalue weighted by Crippen LogP contribution is 2.31. The van der Waals surface area contributed by atoms with Gasteiger partial charge in [0.2, 0.25) is 5.91 Å². The third-order valence-electron chi connectivity index (χ3n) is 4.94. The van der Waals surface area contributed by atoms with E-state index in [1.165, 1.54) is 5.56 Å². The number of hydrogen-bond acceptors (Lipinski definition) is 5. The fraction of sp³-hybridized carbons (Fsp3) is 0.273. The highest BCUT2D eigenvalue weighted by atomic mass is 16.2. The van der Waals surface area contributed by atoms with Gasteiger partial charge in [-0.2, -0.15) is 0 Å². The summed E-state index contributed by atoms with van der Waals surface area (Å²) in [6, 6.07) is 18.5. The van der Waals surface area contributed by atoms with Crippen molar-refractivity contribution < 1.29 is 9.59 Å². The van der Waals surface area contributed by atoms with E-state index in [1.807, 2.05) is 30.3 Å². The average Bonchev–Trinajstić information content (AvgIpc) is 2.78. The molecule has 0 bridgehead atoms. The maximum absolute atomic E-state index is 12.4. The van der Waals surface area contributed by atoms with E-state index in [2.05, 4.69) is 34.5 Å². The van der Waals surface area contributed by atoms with Crippen molar-refractivity contribution in [2.24, 2.45) is 0 Å². The number of benzene rings is 2. The van der Waals surface area contributed by atoms with Gasteiger partial charge in [0.25, 0.3) is 5.91 Å². The number of anilines is 1. The van der Waals surface area contributed by atoms with Gasteiger partial charge < -0.3 is 20.5 Å². The minimum atomic E-state index is -0.600. The van der Waals surface area contributed by atoms with Crippen LogP contribution in [0.5, 0.6) is 0 Å². The van der Waals surface area contributed by atoms with Gasteiger partial charge in [-0.3, -0.25) is 15.0 Å². The van der Waals surface area contributed by atoms with Crippen LogP contribution in [0.1, 0.15) is 6.42 Å². The number of hydrogen-bond donors (Lipinski definition) is 3. The molecular weight excluding hydrogens is 366 g/mol. The topological polar surface area (TPSA) is 100 Å². The van der Waals surface area contributed by atoms with Crippen molar-refractivity contribution >= 4 is 29.4 Å². The zero-order valence-corrected chi connectivity index (χ0v) is 16.2. The van der Waals surface area contributed by atoms with Gasteiger partial charge in [0.1, 0.15) is 5.71 Å². The molecule has 0 saturated carbocycles. The van der Waals surface area contributed by atoms with Crippen LogP contribution in [0.25, 0.3) is 11.1 Å². The molecule has 7 heteroatoms. The van der Waals surface area contributed by atoms with Gasteiger partial charge >= 0.3 is 0 Å². The lowest BCUT2D eigenvalue weighted by Crippen LogP contribution is -2.51. The first-order valence-corrected chi connectivity index (χ1v) is 9.62. The Morgan fingerprint density at radius 3 is 2.31 bits per heavy atom. The first-order valence-electron chi connectivity index (χ1n) is 9.62. The monoisotopic (exact) mass is 391 g/mol. The van der Waals surface area contributed by atoms with Gasteiger partial charge in [0, 0.05) is 50.1 Å². The lowest BCUT2D eigenvalue weighted by atomic mass is 10.0. The molecule has 0 aliphatic carbocycles. The molecule has 150 valence electrons.